The van der Waals surface area contributed by atoms with Gasteiger partial charge in [-0.3, -0.25) is 0 Å². The van der Waals surface area contributed by atoms with E-state index in [0.29, 0.717) is 22.2 Å². The van der Waals surface area contributed by atoms with E-state index in [1.54, 1.807) is 7.05 Å². The number of thioether (sulfide) groups is 1. The highest BCUT2D eigenvalue weighted by Crippen LogP contribution is 2.30. The van der Waals surface area contributed by atoms with Gasteiger partial charge in [-0.25, -0.2) is 14.3 Å². The molecule has 2 aromatic rings. The van der Waals surface area contributed by atoms with E-state index in [1.807, 2.05) is 31.2 Å². The predicted octanol–water partition coefficient (Wildman–Crippen LogP) is 1.09. The number of urea groups is 1. The molecule has 1 aliphatic heterocycles. The van der Waals surface area contributed by atoms with Crippen molar-refractivity contribution in [2.45, 2.75) is 18.1 Å². The standard InChI is InChI=1S/C16H18N6O3S/c1-9-4-6-10(7-5-9)13-12(14(23)25-3)11(17-15(24)18-13)8-26-16-19-20-21-22(16)2/h4-7,13H,8H2,1-3H3,(H2,17,18,24). The maximum absolute atomic E-state index is 12.4. The van der Waals surface area contributed by atoms with E-state index < -0.39 is 12.0 Å². The molecule has 1 atom stereocenters. The van der Waals surface area contributed by atoms with Gasteiger partial charge in [0.15, 0.2) is 0 Å². The molecule has 1 aliphatic rings. The average molecular weight is 374 g/mol. The molecule has 0 saturated carbocycles. The second-order valence-corrected chi connectivity index (χ2v) is 6.64. The van der Waals surface area contributed by atoms with E-state index in [0.717, 1.165) is 11.1 Å². The Hall–Kier alpha value is -2.88. The number of rotatable bonds is 5. The van der Waals surface area contributed by atoms with E-state index in [-0.39, 0.29) is 6.03 Å². The maximum atomic E-state index is 12.4. The molecule has 136 valence electrons. The minimum absolute atomic E-state index is 0.314. The molecule has 2 N–H and O–H groups in total. The van der Waals surface area contributed by atoms with Gasteiger partial charge in [-0.2, -0.15) is 0 Å². The van der Waals surface area contributed by atoms with Gasteiger partial charge in [0.05, 0.1) is 18.7 Å². The number of tetrazole rings is 1. The maximum Gasteiger partial charge on any atom is 0.338 e. The first-order valence-corrected chi connectivity index (χ1v) is 8.78. The van der Waals surface area contributed by atoms with E-state index in [1.165, 1.54) is 23.6 Å². The molecule has 1 aromatic heterocycles. The highest BCUT2D eigenvalue weighted by atomic mass is 32.2. The number of benzene rings is 1. The number of nitrogens with zero attached hydrogens (tertiary/aromatic N) is 4. The predicted molar refractivity (Wildman–Crippen MR) is 94.2 cm³/mol. The monoisotopic (exact) mass is 374 g/mol. The fourth-order valence-electron chi connectivity index (χ4n) is 2.57. The smallest absolute Gasteiger partial charge is 0.338 e. The van der Waals surface area contributed by atoms with Crippen LogP contribution in [-0.2, 0) is 16.6 Å². The lowest BCUT2D eigenvalue weighted by Crippen LogP contribution is -2.46. The molecule has 0 spiro atoms. The van der Waals surface area contributed by atoms with Gasteiger partial charge in [0.1, 0.15) is 0 Å². The summed E-state index contributed by atoms with van der Waals surface area (Å²) in [6.45, 7) is 1.97. The second-order valence-electron chi connectivity index (χ2n) is 5.70. The third-order valence-corrected chi connectivity index (χ3v) is 4.93. The van der Waals surface area contributed by atoms with Gasteiger partial charge < -0.3 is 15.4 Å². The van der Waals surface area contributed by atoms with Crippen molar-refractivity contribution in [1.82, 2.24) is 30.8 Å². The topological polar surface area (TPSA) is 111 Å². The fraction of sp³-hybridized carbons (Fsp3) is 0.312. The molecule has 2 heterocycles. The fourth-order valence-corrected chi connectivity index (χ4v) is 3.39. The van der Waals surface area contributed by atoms with Gasteiger partial charge in [-0.15, -0.1) is 5.10 Å². The number of nitrogens with one attached hydrogen (secondary N) is 2. The SMILES string of the molecule is COC(=O)C1=C(CSc2nnnn2C)NC(=O)NC1c1ccc(C)cc1. The lowest BCUT2D eigenvalue weighted by molar-refractivity contribution is -0.136. The average Bonchev–Trinajstić information content (AvgIpc) is 3.04. The Labute approximate surface area is 154 Å². The number of ether oxygens (including phenoxy) is 1. The lowest BCUT2D eigenvalue weighted by atomic mass is 9.95. The Morgan fingerprint density at radius 1 is 1.35 bits per heavy atom. The molecule has 0 radical (unpaired) electrons. The summed E-state index contributed by atoms with van der Waals surface area (Å²) >= 11 is 1.31. The van der Waals surface area contributed by atoms with Crippen LogP contribution in [0.3, 0.4) is 0 Å². The summed E-state index contributed by atoms with van der Waals surface area (Å²) in [5.41, 5.74) is 2.72. The van der Waals surface area contributed by atoms with Gasteiger partial charge in [0, 0.05) is 18.5 Å². The molecule has 1 unspecified atom stereocenters. The van der Waals surface area contributed by atoms with Crippen LogP contribution in [0, 0.1) is 6.92 Å². The number of hydrogen-bond acceptors (Lipinski definition) is 7. The minimum atomic E-state index is -0.593. The van der Waals surface area contributed by atoms with E-state index in [9.17, 15) is 9.59 Å². The van der Waals surface area contributed by atoms with Crippen molar-refractivity contribution in [1.29, 1.82) is 0 Å². The van der Waals surface area contributed by atoms with Crippen molar-refractivity contribution in [3.05, 3.63) is 46.7 Å². The Balaban J connectivity index is 1.97. The van der Waals surface area contributed by atoms with Gasteiger partial charge >= 0.3 is 12.0 Å². The van der Waals surface area contributed by atoms with E-state index in [4.69, 9.17) is 4.74 Å². The number of aromatic nitrogens is 4. The summed E-state index contributed by atoms with van der Waals surface area (Å²) in [5, 5.41) is 17.3. The first kappa shape index (κ1) is 17.9. The van der Waals surface area contributed by atoms with Crippen LogP contribution in [0.15, 0.2) is 40.7 Å². The van der Waals surface area contributed by atoms with Crippen LogP contribution in [-0.4, -0.2) is 45.1 Å². The number of aryl methyl sites for hydroxylation is 2. The zero-order chi connectivity index (χ0) is 18.7. The zero-order valence-corrected chi connectivity index (χ0v) is 15.3. The third kappa shape index (κ3) is 3.69. The van der Waals surface area contributed by atoms with Crippen LogP contribution >= 0.6 is 11.8 Å². The van der Waals surface area contributed by atoms with Gasteiger partial charge in [-0.05, 0) is 22.9 Å². The van der Waals surface area contributed by atoms with Crippen LogP contribution in [0.5, 0.6) is 0 Å². The first-order chi connectivity index (χ1) is 12.5. The Morgan fingerprint density at radius 2 is 2.08 bits per heavy atom. The molecule has 0 aliphatic carbocycles. The third-order valence-electron chi connectivity index (χ3n) is 3.90. The van der Waals surface area contributed by atoms with Crippen molar-refractivity contribution < 1.29 is 14.3 Å². The van der Waals surface area contributed by atoms with Crippen molar-refractivity contribution in [3.63, 3.8) is 0 Å². The van der Waals surface area contributed by atoms with Crippen LogP contribution in [0.4, 0.5) is 4.79 Å². The van der Waals surface area contributed by atoms with Gasteiger partial charge in [0.25, 0.3) is 0 Å². The van der Waals surface area contributed by atoms with Gasteiger partial charge in [0.2, 0.25) is 5.16 Å². The summed E-state index contributed by atoms with van der Waals surface area (Å²) in [5.74, 6) is -0.191. The van der Waals surface area contributed by atoms with E-state index in [2.05, 4.69) is 26.2 Å². The van der Waals surface area contributed by atoms with Crippen LogP contribution in [0.1, 0.15) is 17.2 Å². The zero-order valence-electron chi connectivity index (χ0n) is 14.5. The van der Waals surface area contributed by atoms with Crippen molar-refractivity contribution in [2.75, 3.05) is 12.9 Å². The van der Waals surface area contributed by atoms with Gasteiger partial charge in [-0.1, -0.05) is 41.6 Å². The minimum Gasteiger partial charge on any atom is -0.466 e. The number of carbonyl (C=O) groups excluding carboxylic acids is 2. The molecule has 1 aromatic carbocycles. The molecule has 3 rings (SSSR count). The number of carbonyl (C=O) groups is 2. The number of hydrogen-bond donors (Lipinski definition) is 2. The molecule has 0 fully saturated rings. The Kier molecular flexibility index (Phi) is 5.21. The van der Waals surface area contributed by atoms with E-state index >= 15 is 0 Å². The Bertz CT molecular complexity index is 861. The molecular formula is C16H18N6O3S. The molecule has 2 amide bonds. The summed E-state index contributed by atoms with van der Waals surface area (Å²) in [6.07, 6.45) is 0. The normalized spacial score (nSPS) is 16.9. The number of amides is 2. The largest absolute Gasteiger partial charge is 0.466 e. The van der Waals surface area contributed by atoms with Crippen molar-refractivity contribution in [3.8, 4) is 0 Å². The highest BCUT2D eigenvalue weighted by molar-refractivity contribution is 7.99. The molecule has 10 heteroatoms. The molecule has 26 heavy (non-hydrogen) atoms. The molecule has 0 saturated heterocycles. The molecule has 0 bridgehead atoms. The van der Waals surface area contributed by atoms with Crippen molar-refractivity contribution in [2.24, 2.45) is 7.05 Å². The lowest BCUT2D eigenvalue weighted by Gasteiger charge is -2.29. The van der Waals surface area contributed by atoms with Crippen molar-refractivity contribution >= 4 is 23.8 Å². The number of methoxy groups -OCH3 is 1. The van der Waals surface area contributed by atoms with Crippen LogP contribution in [0.25, 0.3) is 0 Å². The summed E-state index contributed by atoms with van der Waals surface area (Å²) in [4.78, 5) is 24.6. The quantitative estimate of drug-likeness (QED) is 0.595. The highest BCUT2D eigenvalue weighted by Gasteiger charge is 2.33. The second kappa shape index (κ2) is 7.56. The summed E-state index contributed by atoms with van der Waals surface area (Å²) in [7, 11) is 3.03. The first-order valence-electron chi connectivity index (χ1n) is 7.80. The van der Waals surface area contributed by atoms with Crippen LogP contribution < -0.4 is 10.6 Å². The Morgan fingerprint density at radius 3 is 2.69 bits per heavy atom. The molecular weight excluding hydrogens is 356 g/mol. The number of esters is 1. The van der Waals surface area contributed by atoms with Crippen LogP contribution in [0.2, 0.25) is 0 Å². The summed E-state index contributed by atoms with van der Waals surface area (Å²) in [6, 6.07) is 6.65. The molecule has 9 nitrogen and oxygen atoms in total. The summed E-state index contributed by atoms with van der Waals surface area (Å²) < 4.78 is 6.47.